The molecule has 2 saturated carbocycles. The highest BCUT2D eigenvalue weighted by atomic mass is 31.1. The minimum absolute atomic E-state index is 0.212. The molecule has 3 atom stereocenters. The van der Waals surface area contributed by atoms with Gasteiger partial charge in [-0.15, -0.1) is 0 Å². The Morgan fingerprint density at radius 3 is 1.47 bits per heavy atom. The number of hydrogen-bond donors (Lipinski definition) is 0. The van der Waals surface area contributed by atoms with Gasteiger partial charge < -0.3 is 4.52 Å². The molecule has 6 rings (SSSR count). The molecule has 3 heteroatoms. The van der Waals surface area contributed by atoms with Crippen LogP contribution < -0.4 is 21.2 Å². The molecular weight excluding hydrogens is 498 g/mol. The molecule has 4 aromatic rings. The lowest BCUT2D eigenvalue weighted by atomic mass is 9.45. The van der Waals surface area contributed by atoms with Gasteiger partial charge in [0.15, 0.2) is 0 Å². The van der Waals surface area contributed by atoms with Crippen LogP contribution in [0.25, 0.3) is 0 Å². The first-order chi connectivity index (χ1) is 18.6. The van der Waals surface area contributed by atoms with Crippen LogP contribution in [0.1, 0.15) is 39.5 Å². The summed E-state index contributed by atoms with van der Waals surface area (Å²) in [6.45, 7) is 5.04. The molecule has 2 fully saturated rings. The number of rotatable bonds is 8. The zero-order valence-electron chi connectivity index (χ0n) is 22.5. The lowest BCUT2D eigenvalue weighted by molar-refractivity contribution is -0.145. The summed E-state index contributed by atoms with van der Waals surface area (Å²) >= 11 is 0. The minimum Gasteiger partial charge on any atom is -0.346 e. The van der Waals surface area contributed by atoms with Gasteiger partial charge in [-0.3, -0.25) is 0 Å². The van der Waals surface area contributed by atoms with Crippen molar-refractivity contribution in [3.05, 3.63) is 121 Å². The molecule has 0 bridgehead atoms. The van der Waals surface area contributed by atoms with Crippen LogP contribution in [-0.2, 0) is 4.52 Å². The number of fused-ring (bicyclic) bond motifs is 1. The summed E-state index contributed by atoms with van der Waals surface area (Å²) in [6.07, 6.45) is 6.48. The van der Waals surface area contributed by atoms with Crippen LogP contribution in [0, 0.1) is 16.7 Å². The van der Waals surface area contributed by atoms with Crippen LogP contribution in [-0.4, -0.2) is 12.3 Å². The van der Waals surface area contributed by atoms with Gasteiger partial charge in [-0.05, 0) is 61.7 Å². The first kappa shape index (κ1) is 26.0. The maximum Gasteiger partial charge on any atom is 0.0921 e. The maximum absolute atomic E-state index is 7.44. The molecule has 0 amide bonds. The molecule has 0 radical (unpaired) electrons. The van der Waals surface area contributed by atoms with E-state index >= 15 is 0 Å². The molecule has 0 heterocycles. The molecule has 3 unspecified atom stereocenters. The van der Waals surface area contributed by atoms with E-state index in [1.807, 2.05) is 0 Å². The van der Waals surface area contributed by atoms with Gasteiger partial charge >= 0.3 is 0 Å². The average molecular weight is 537 g/mol. The van der Waals surface area contributed by atoms with Gasteiger partial charge in [-0.25, -0.2) is 0 Å². The van der Waals surface area contributed by atoms with E-state index in [0.717, 1.165) is 6.42 Å². The highest BCUT2D eigenvalue weighted by molar-refractivity contribution is 7.73. The summed E-state index contributed by atoms with van der Waals surface area (Å²) < 4.78 is 7.44. The highest BCUT2D eigenvalue weighted by Crippen LogP contribution is 2.67. The first-order valence-electron chi connectivity index (χ1n) is 14.0. The predicted molar refractivity (Wildman–Crippen MR) is 166 cm³/mol. The lowest BCUT2D eigenvalue weighted by Crippen LogP contribution is -2.61. The van der Waals surface area contributed by atoms with Gasteiger partial charge in [0, 0.05) is 16.0 Å². The normalized spacial score (nSPS) is 24.1. The van der Waals surface area contributed by atoms with Crippen molar-refractivity contribution in [2.45, 2.75) is 45.6 Å². The summed E-state index contributed by atoms with van der Waals surface area (Å²) in [7, 11) is -1.35. The van der Waals surface area contributed by atoms with Crippen LogP contribution in [0.4, 0.5) is 0 Å². The fourth-order valence-corrected chi connectivity index (χ4v) is 11.9. The van der Waals surface area contributed by atoms with Crippen molar-refractivity contribution in [1.82, 2.24) is 0 Å². The topological polar surface area (TPSA) is 9.23 Å². The standard InChI is InChI=1S/C35H38OP2/c1-34(2)25-24-33(36-38(30-19-11-5-12-20-30)31-21-13-6-14-22-31)35(26-23-32(34)35)27-37(28-15-7-3-8-16-28)29-17-9-4-10-18-29/h3-22,32-33H,23-27H2,1-2H3. The third-order valence-corrected chi connectivity index (χ3v) is 13.8. The second-order valence-corrected chi connectivity index (χ2v) is 15.7. The van der Waals surface area contributed by atoms with E-state index in [4.69, 9.17) is 4.52 Å². The van der Waals surface area contributed by atoms with Gasteiger partial charge in [0.25, 0.3) is 0 Å². The van der Waals surface area contributed by atoms with E-state index in [-0.39, 0.29) is 11.5 Å². The van der Waals surface area contributed by atoms with Crippen molar-refractivity contribution in [3.8, 4) is 0 Å². The van der Waals surface area contributed by atoms with Crippen LogP contribution in [0.3, 0.4) is 0 Å². The first-order valence-corrected chi connectivity index (χ1v) is 16.8. The summed E-state index contributed by atoms with van der Waals surface area (Å²) in [6, 6.07) is 44.5. The Balaban J connectivity index is 1.40. The second-order valence-electron chi connectivity index (χ2n) is 11.7. The maximum atomic E-state index is 7.44. The van der Waals surface area contributed by atoms with E-state index < -0.39 is 16.1 Å². The highest BCUT2D eigenvalue weighted by Gasteiger charge is 2.61. The van der Waals surface area contributed by atoms with Gasteiger partial charge in [-0.2, -0.15) is 0 Å². The van der Waals surface area contributed by atoms with E-state index in [0.29, 0.717) is 11.3 Å². The van der Waals surface area contributed by atoms with Crippen molar-refractivity contribution in [2.75, 3.05) is 6.16 Å². The van der Waals surface area contributed by atoms with E-state index in [2.05, 4.69) is 135 Å². The fraction of sp³-hybridized carbons (Fsp3) is 0.314. The number of benzene rings is 4. The van der Waals surface area contributed by atoms with Crippen molar-refractivity contribution >= 4 is 37.3 Å². The Kier molecular flexibility index (Phi) is 7.55. The van der Waals surface area contributed by atoms with Crippen LogP contribution in [0.2, 0.25) is 0 Å². The summed E-state index contributed by atoms with van der Waals surface area (Å²) in [5.41, 5.74) is 0.567. The van der Waals surface area contributed by atoms with Crippen LogP contribution >= 0.6 is 16.1 Å². The van der Waals surface area contributed by atoms with Crippen molar-refractivity contribution < 1.29 is 4.52 Å². The van der Waals surface area contributed by atoms with E-state index in [9.17, 15) is 0 Å². The second kappa shape index (κ2) is 11.1. The Morgan fingerprint density at radius 2 is 1.05 bits per heavy atom. The molecule has 0 aliphatic heterocycles. The van der Waals surface area contributed by atoms with Crippen LogP contribution in [0.5, 0.6) is 0 Å². The Bertz CT molecular complexity index is 1230. The quantitative estimate of drug-likeness (QED) is 0.209. The molecule has 0 N–H and O–H groups in total. The van der Waals surface area contributed by atoms with Gasteiger partial charge in [0.1, 0.15) is 0 Å². The van der Waals surface area contributed by atoms with E-state index in [1.54, 1.807) is 0 Å². The van der Waals surface area contributed by atoms with Crippen molar-refractivity contribution in [2.24, 2.45) is 16.7 Å². The van der Waals surface area contributed by atoms with Gasteiger partial charge in [-0.1, -0.05) is 135 Å². The van der Waals surface area contributed by atoms with Crippen molar-refractivity contribution in [1.29, 1.82) is 0 Å². The average Bonchev–Trinajstić information content (AvgIpc) is 2.95. The minimum atomic E-state index is -0.874. The Hall–Kier alpha value is -2.30. The fourth-order valence-electron chi connectivity index (χ4n) is 6.99. The summed E-state index contributed by atoms with van der Waals surface area (Å²) in [5.74, 6) is 0.703. The summed E-state index contributed by atoms with van der Waals surface area (Å²) in [5, 5.41) is 5.62. The molecule has 0 spiro atoms. The predicted octanol–water partition coefficient (Wildman–Crippen LogP) is 7.77. The monoisotopic (exact) mass is 536 g/mol. The van der Waals surface area contributed by atoms with Crippen molar-refractivity contribution in [3.63, 3.8) is 0 Å². The largest absolute Gasteiger partial charge is 0.346 e. The smallest absolute Gasteiger partial charge is 0.0921 e. The lowest BCUT2D eigenvalue weighted by Gasteiger charge is -2.64. The molecule has 2 aliphatic rings. The Labute approximate surface area is 231 Å². The SMILES string of the molecule is CC1(C)CCC(OP(c2ccccc2)c2ccccc2)C2(CP(c3ccccc3)c3ccccc3)CCC12. The molecule has 0 aromatic heterocycles. The van der Waals surface area contributed by atoms with E-state index in [1.165, 1.54) is 46.6 Å². The molecule has 38 heavy (non-hydrogen) atoms. The molecule has 1 nitrogen and oxygen atoms in total. The molecular formula is C35H38OP2. The zero-order chi connectivity index (χ0) is 26.0. The van der Waals surface area contributed by atoms with Crippen LogP contribution in [0.15, 0.2) is 121 Å². The number of hydrogen-bond acceptors (Lipinski definition) is 1. The summed E-state index contributed by atoms with van der Waals surface area (Å²) in [4.78, 5) is 0. The van der Waals surface area contributed by atoms with Gasteiger partial charge in [0.2, 0.25) is 0 Å². The molecule has 4 aromatic carbocycles. The third kappa shape index (κ3) is 5.02. The molecule has 0 saturated heterocycles. The van der Waals surface area contributed by atoms with Gasteiger partial charge in [0.05, 0.1) is 14.3 Å². The zero-order valence-corrected chi connectivity index (χ0v) is 24.3. The third-order valence-electron chi connectivity index (χ3n) is 9.03. The molecule has 194 valence electrons. The Morgan fingerprint density at radius 1 is 0.605 bits per heavy atom. The molecule has 2 aliphatic carbocycles.